The van der Waals surface area contributed by atoms with Gasteiger partial charge in [-0.3, -0.25) is 14.2 Å². The van der Waals surface area contributed by atoms with E-state index in [1.807, 2.05) is 6.92 Å². The minimum absolute atomic E-state index is 0.0229. The van der Waals surface area contributed by atoms with Gasteiger partial charge < -0.3 is 14.8 Å². The lowest BCUT2D eigenvalue weighted by Crippen LogP contribution is -2.22. The molecule has 43 heavy (non-hydrogen) atoms. The van der Waals surface area contributed by atoms with Crippen LogP contribution in [0.25, 0.3) is 11.3 Å². The molecule has 1 aliphatic rings. The summed E-state index contributed by atoms with van der Waals surface area (Å²) in [5.74, 6) is 5.61. The Morgan fingerprint density at radius 1 is 1.05 bits per heavy atom. The van der Waals surface area contributed by atoms with Crippen molar-refractivity contribution in [3.8, 4) is 17.5 Å². The van der Waals surface area contributed by atoms with Gasteiger partial charge in [-0.15, -0.1) is 0 Å². The molecule has 6 rings (SSSR count). The van der Waals surface area contributed by atoms with E-state index in [1.165, 1.54) is 25.2 Å². The van der Waals surface area contributed by atoms with Crippen LogP contribution in [0.4, 0.5) is 18.9 Å². The van der Waals surface area contributed by atoms with Gasteiger partial charge in [-0.2, -0.15) is 13.2 Å². The van der Waals surface area contributed by atoms with Crippen molar-refractivity contribution < 1.29 is 18.0 Å². The molecule has 0 aliphatic carbocycles. The normalized spacial score (nSPS) is 13.7. The third-order valence-corrected chi connectivity index (χ3v) is 7.46. The van der Waals surface area contributed by atoms with Gasteiger partial charge in [0.2, 0.25) is 0 Å². The van der Waals surface area contributed by atoms with Crippen LogP contribution < -0.4 is 5.32 Å². The van der Waals surface area contributed by atoms with E-state index in [4.69, 9.17) is 0 Å². The van der Waals surface area contributed by atoms with Crippen molar-refractivity contribution in [3.05, 3.63) is 107 Å². The Bertz CT molecular complexity index is 1860. The number of benzene rings is 2. The second-order valence-electron chi connectivity index (χ2n) is 10.5. The smallest absolute Gasteiger partial charge is 0.322 e. The zero-order valence-electron chi connectivity index (χ0n) is 23.4. The summed E-state index contributed by atoms with van der Waals surface area (Å²) in [6.45, 7) is 4.85. The molecular formula is C32H28F3N7O. The Hall–Kier alpha value is -4.95. The Kier molecular flexibility index (Phi) is 7.69. The number of hydrogen-bond donors (Lipinski definition) is 1. The molecule has 0 bridgehead atoms. The van der Waals surface area contributed by atoms with Gasteiger partial charge in [-0.05, 0) is 74.7 Å². The van der Waals surface area contributed by atoms with Crippen molar-refractivity contribution in [2.45, 2.75) is 32.4 Å². The second kappa shape index (κ2) is 11.7. The quantitative estimate of drug-likeness (QED) is 0.266. The van der Waals surface area contributed by atoms with Crippen LogP contribution in [0, 0.1) is 18.8 Å². The summed E-state index contributed by atoms with van der Waals surface area (Å²) in [6, 6.07) is 8.49. The number of aryl methyl sites for hydroxylation is 1. The highest BCUT2D eigenvalue weighted by atomic mass is 19.4. The lowest BCUT2D eigenvalue weighted by atomic mass is 10.0. The van der Waals surface area contributed by atoms with Gasteiger partial charge in [-0.25, -0.2) is 9.97 Å². The van der Waals surface area contributed by atoms with Gasteiger partial charge in [0.05, 0.1) is 30.0 Å². The summed E-state index contributed by atoms with van der Waals surface area (Å²) in [6.07, 6.45) is 8.38. The summed E-state index contributed by atoms with van der Waals surface area (Å²) in [4.78, 5) is 28.3. The van der Waals surface area contributed by atoms with Crippen molar-refractivity contribution >= 4 is 17.2 Å². The van der Waals surface area contributed by atoms with E-state index in [9.17, 15) is 18.0 Å². The SMILES string of the molecule is Cc1ccc(C(=O)Nc2cc(-n3cnc(CCN4CCCC4)c3)cc(C(F)(F)F)c2)cc1C#Cc1cnc2cnccn12. The number of aromatic nitrogens is 5. The van der Waals surface area contributed by atoms with Crippen LogP contribution in [0.1, 0.15) is 51.3 Å². The van der Waals surface area contributed by atoms with Gasteiger partial charge in [-0.1, -0.05) is 12.0 Å². The van der Waals surface area contributed by atoms with Gasteiger partial charge in [0.25, 0.3) is 5.91 Å². The highest BCUT2D eigenvalue weighted by molar-refractivity contribution is 6.04. The molecule has 4 heterocycles. The molecule has 5 aromatic rings. The summed E-state index contributed by atoms with van der Waals surface area (Å²) in [5.41, 5.74) is 3.24. The first kappa shape index (κ1) is 28.2. The van der Waals surface area contributed by atoms with E-state index >= 15 is 0 Å². The van der Waals surface area contributed by atoms with E-state index < -0.39 is 17.6 Å². The lowest BCUT2D eigenvalue weighted by molar-refractivity contribution is -0.137. The first-order valence-corrected chi connectivity index (χ1v) is 13.9. The van der Waals surface area contributed by atoms with E-state index in [1.54, 1.807) is 58.2 Å². The number of halogens is 3. The average molecular weight is 584 g/mol. The van der Waals surface area contributed by atoms with Crippen molar-refractivity contribution in [1.82, 2.24) is 28.8 Å². The molecule has 0 spiro atoms. The maximum absolute atomic E-state index is 13.9. The summed E-state index contributed by atoms with van der Waals surface area (Å²) < 4.78 is 44.9. The van der Waals surface area contributed by atoms with Gasteiger partial charge in [0.15, 0.2) is 5.65 Å². The average Bonchev–Trinajstić information content (AvgIpc) is 3.77. The minimum atomic E-state index is -4.60. The predicted molar refractivity (Wildman–Crippen MR) is 156 cm³/mol. The largest absolute Gasteiger partial charge is 0.416 e. The molecule has 1 amide bonds. The van der Waals surface area contributed by atoms with Crippen molar-refractivity contribution in [1.29, 1.82) is 0 Å². The third kappa shape index (κ3) is 6.44. The molecule has 1 fully saturated rings. The monoisotopic (exact) mass is 583 g/mol. The number of carbonyl (C=O) groups excluding carboxylic acids is 1. The molecule has 8 nitrogen and oxygen atoms in total. The van der Waals surface area contributed by atoms with Crippen molar-refractivity contribution in [3.63, 3.8) is 0 Å². The molecule has 218 valence electrons. The number of likely N-dealkylation sites (tertiary alicyclic amines) is 1. The van der Waals surface area contributed by atoms with Crippen LogP contribution in [-0.4, -0.2) is 54.4 Å². The van der Waals surface area contributed by atoms with Crippen LogP contribution >= 0.6 is 0 Å². The number of fused-ring (bicyclic) bond motifs is 1. The molecule has 2 aromatic carbocycles. The summed E-state index contributed by atoms with van der Waals surface area (Å²) in [7, 11) is 0. The number of nitrogens with zero attached hydrogens (tertiary/aromatic N) is 6. The van der Waals surface area contributed by atoms with Crippen molar-refractivity contribution in [2.24, 2.45) is 0 Å². The van der Waals surface area contributed by atoms with Crippen LogP contribution in [0.5, 0.6) is 0 Å². The maximum atomic E-state index is 13.9. The molecule has 1 aliphatic heterocycles. The molecule has 1 N–H and O–H groups in total. The Labute approximate surface area is 246 Å². The highest BCUT2D eigenvalue weighted by Gasteiger charge is 2.31. The fourth-order valence-corrected chi connectivity index (χ4v) is 5.08. The summed E-state index contributed by atoms with van der Waals surface area (Å²) in [5, 5.41) is 2.64. The Morgan fingerprint density at radius 2 is 1.88 bits per heavy atom. The number of nitrogens with one attached hydrogen (secondary N) is 1. The first-order valence-electron chi connectivity index (χ1n) is 13.9. The third-order valence-electron chi connectivity index (χ3n) is 7.46. The predicted octanol–water partition coefficient (Wildman–Crippen LogP) is 5.53. The van der Waals surface area contributed by atoms with Crippen LogP contribution in [0.15, 0.2) is 73.7 Å². The zero-order chi connectivity index (χ0) is 30.0. The van der Waals surface area contributed by atoms with E-state index in [2.05, 4.69) is 37.0 Å². The molecule has 1 saturated heterocycles. The summed E-state index contributed by atoms with van der Waals surface area (Å²) >= 11 is 0. The fourth-order valence-electron chi connectivity index (χ4n) is 5.08. The maximum Gasteiger partial charge on any atom is 0.416 e. The number of hydrogen-bond acceptors (Lipinski definition) is 5. The highest BCUT2D eigenvalue weighted by Crippen LogP contribution is 2.33. The zero-order valence-corrected chi connectivity index (χ0v) is 23.4. The molecule has 0 unspecified atom stereocenters. The van der Waals surface area contributed by atoms with Crippen LogP contribution in [-0.2, 0) is 12.6 Å². The second-order valence-corrected chi connectivity index (χ2v) is 10.5. The first-order chi connectivity index (χ1) is 20.7. The number of amides is 1. The molecule has 3 aromatic heterocycles. The molecular weight excluding hydrogens is 555 g/mol. The van der Waals surface area contributed by atoms with Crippen LogP contribution in [0.2, 0.25) is 0 Å². The van der Waals surface area contributed by atoms with E-state index in [-0.39, 0.29) is 16.9 Å². The fraction of sp³-hybridized carbons (Fsp3) is 0.250. The molecule has 0 radical (unpaired) electrons. The Morgan fingerprint density at radius 3 is 2.70 bits per heavy atom. The minimum Gasteiger partial charge on any atom is -0.322 e. The molecule has 0 saturated carbocycles. The van der Waals surface area contributed by atoms with Gasteiger partial charge >= 0.3 is 6.18 Å². The topological polar surface area (TPSA) is 80.3 Å². The lowest BCUT2D eigenvalue weighted by Gasteiger charge is -2.14. The number of alkyl halides is 3. The Balaban J connectivity index is 1.23. The van der Waals surface area contributed by atoms with E-state index in [0.29, 0.717) is 23.3 Å². The van der Waals surface area contributed by atoms with Crippen LogP contribution in [0.3, 0.4) is 0 Å². The number of imidazole rings is 2. The van der Waals surface area contributed by atoms with Gasteiger partial charge in [0.1, 0.15) is 5.69 Å². The molecule has 0 atom stereocenters. The number of carbonyl (C=O) groups is 1. The number of rotatable bonds is 6. The van der Waals surface area contributed by atoms with Crippen molar-refractivity contribution in [2.75, 3.05) is 25.0 Å². The molecule has 11 heteroatoms. The van der Waals surface area contributed by atoms with E-state index in [0.717, 1.165) is 43.0 Å². The standard InChI is InChI=1S/C32H28F3N7O/c1-22-4-5-24(14-23(22)6-7-28-18-37-30-19-36-9-13-42(28)30)31(43)39-27-15-25(32(33,34)35)16-29(17-27)41-20-26(38-21-41)8-12-40-10-2-3-11-40/h4-5,9,13-21H,2-3,8,10-12H2,1H3,(H,39,43). The van der Waals surface area contributed by atoms with Gasteiger partial charge in [0, 0.05) is 54.1 Å². The number of anilines is 1.